The molecule has 0 radical (unpaired) electrons. The normalized spacial score (nSPS) is 15.5. The van der Waals surface area contributed by atoms with E-state index >= 15 is 0 Å². The highest BCUT2D eigenvalue weighted by Crippen LogP contribution is 2.38. The number of allylic oxidation sites excluding steroid dienone is 3. The summed E-state index contributed by atoms with van der Waals surface area (Å²) < 4.78 is 5.89. The summed E-state index contributed by atoms with van der Waals surface area (Å²) in [6.07, 6.45) is 9.14. The van der Waals surface area contributed by atoms with Crippen LogP contribution in [0.4, 0.5) is 11.6 Å². The second-order valence-corrected chi connectivity index (χ2v) is 14.8. The van der Waals surface area contributed by atoms with E-state index in [0.29, 0.717) is 34.7 Å². The minimum atomic E-state index is -0.792. The topological polar surface area (TPSA) is 142 Å². The van der Waals surface area contributed by atoms with Crippen molar-refractivity contribution in [1.29, 1.82) is 0 Å². The smallest absolute Gasteiger partial charge is 0.251 e. The maximum atomic E-state index is 13.6. The number of likely N-dealkylation sites (N-methyl/N-ethyl adjacent to an activating group) is 1. The lowest BCUT2D eigenvalue weighted by Crippen LogP contribution is -2.33. The number of imidazole rings is 1. The second kappa shape index (κ2) is 13.6. The summed E-state index contributed by atoms with van der Waals surface area (Å²) in [7, 11) is 7.46. The van der Waals surface area contributed by atoms with Gasteiger partial charge < -0.3 is 25.7 Å². The van der Waals surface area contributed by atoms with Gasteiger partial charge in [0.2, 0.25) is 11.8 Å². The fourth-order valence-electron chi connectivity index (χ4n) is 6.39. The van der Waals surface area contributed by atoms with Crippen molar-refractivity contribution in [2.75, 3.05) is 38.8 Å². The van der Waals surface area contributed by atoms with E-state index in [1.54, 1.807) is 12.1 Å². The molecule has 1 atom stereocenters. The minimum Gasteiger partial charge on any atom is -0.471 e. The van der Waals surface area contributed by atoms with Crippen LogP contribution in [0.3, 0.4) is 0 Å². The fourth-order valence-corrected chi connectivity index (χ4v) is 8.45. The molecule has 7 rings (SSSR count). The fraction of sp³-hybridized carbons (Fsp3) is 0.184. The van der Waals surface area contributed by atoms with Crippen LogP contribution in [-0.2, 0) is 13.2 Å². The van der Waals surface area contributed by atoms with Crippen molar-refractivity contribution in [2.45, 2.75) is 19.2 Å². The van der Waals surface area contributed by atoms with E-state index in [1.807, 2.05) is 44.4 Å². The maximum absolute atomic E-state index is 13.6. The SMILES string of the molecule is CN(C)c1ccc2c(c1)[SiH2]C1=CC(N(C)C)C=CC1=C2c1cc(C(=O)NCc2ccc(COc3nc(N)nc4[nH]cnc34)cc2)ccc1C=O. The van der Waals surface area contributed by atoms with Crippen molar-refractivity contribution < 1.29 is 14.3 Å². The number of H-pyrrole nitrogens is 1. The summed E-state index contributed by atoms with van der Waals surface area (Å²) in [6, 6.07) is 19.9. The first-order valence-electron chi connectivity index (χ1n) is 16.3. The molecule has 1 aliphatic carbocycles. The molecule has 0 bridgehead atoms. The van der Waals surface area contributed by atoms with Crippen molar-refractivity contribution in [3.05, 3.63) is 129 Å². The Balaban J connectivity index is 1.12. The number of nitrogens with zero attached hydrogens (tertiary/aromatic N) is 5. The zero-order valence-corrected chi connectivity index (χ0v) is 29.8. The monoisotopic (exact) mass is 682 g/mol. The number of nitrogens with one attached hydrogen (secondary N) is 2. The molecule has 3 heterocycles. The number of nitrogen functional groups attached to an aromatic ring is 1. The first-order chi connectivity index (χ1) is 24.2. The molecular formula is C38H38N8O3Si. The van der Waals surface area contributed by atoms with E-state index in [-0.39, 0.29) is 24.5 Å². The molecule has 5 aromatic rings. The van der Waals surface area contributed by atoms with Crippen LogP contribution in [-0.4, -0.2) is 80.8 Å². The van der Waals surface area contributed by atoms with E-state index < -0.39 is 9.52 Å². The summed E-state index contributed by atoms with van der Waals surface area (Å²) in [5.74, 6) is 0.188. The molecule has 0 spiro atoms. The molecular weight excluding hydrogens is 645 g/mol. The number of hydrogen-bond donors (Lipinski definition) is 3. The Morgan fingerprint density at radius 3 is 2.58 bits per heavy atom. The second-order valence-electron chi connectivity index (χ2n) is 12.9. The molecule has 50 heavy (non-hydrogen) atoms. The third kappa shape index (κ3) is 6.45. The number of rotatable bonds is 10. The molecule has 0 saturated carbocycles. The molecule has 11 nitrogen and oxygen atoms in total. The molecule has 1 aliphatic heterocycles. The van der Waals surface area contributed by atoms with Gasteiger partial charge in [-0.05, 0) is 71.8 Å². The van der Waals surface area contributed by atoms with Crippen LogP contribution < -0.4 is 25.9 Å². The number of benzene rings is 3. The van der Waals surface area contributed by atoms with E-state index in [2.05, 4.69) is 85.6 Å². The van der Waals surface area contributed by atoms with Gasteiger partial charge in [0.25, 0.3) is 5.91 Å². The Hall–Kier alpha value is -5.85. The number of carbonyl (C=O) groups excluding carboxylic acids is 2. The molecule has 1 unspecified atom stereocenters. The lowest BCUT2D eigenvalue weighted by molar-refractivity contribution is 0.0950. The van der Waals surface area contributed by atoms with Gasteiger partial charge in [0, 0.05) is 43.5 Å². The average molecular weight is 683 g/mol. The summed E-state index contributed by atoms with van der Waals surface area (Å²) in [5, 5.41) is 5.72. The van der Waals surface area contributed by atoms with Crippen LogP contribution in [0.15, 0.2) is 96.0 Å². The lowest BCUT2D eigenvalue weighted by atomic mass is 9.86. The van der Waals surface area contributed by atoms with E-state index in [1.165, 1.54) is 16.7 Å². The number of anilines is 2. The summed E-state index contributed by atoms with van der Waals surface area (Å²) >= 11 is 0. The van der Waals surface area contributed by atoms with E-state index in [0.717, 1.165) is 45.4 Å². The number of nitrogens with two attached hydrogens (primary N) is 1. The van der Waals surface area contributed by atoms with Crippen LogP contribution >= 0.6 is 0 Å². The molecule has 2 aliphatic rings. The molecule has 0 fully saturated rings. The van der Waals surface area contributed by atoms with Crippen molar-refractivity contribution in [3.63, 3.8) is 0 Å². The van der Waals surface area contributed by atoms with E-state index in [9.17, 15) is 9.59 Å². The van der Waals surface area contributed by atoms with Gasteiger partial charge in [-0.25, -0.2) is 4.98 Å². The van der Waals surface area contributed by atoms with Crippen molar-refractivity contribution in [2.24, 2.45) is 0 Å². The first-order valence-corrected chi connectivity index (χ1v) is 17.8. The molecule has 12 heteroatoms. The summed E-state index contributed by atoms with van der Waals surface area (Å²) in [5.41, 5.74) is 14.9. The van der Waals surface area contributed by atoms with Gasteiger partial charge in [-0.1, -0.05) is 65.0 Å². The number of aromatic amines is 1. The third-order valence-electron chi connectivity index (χ3n) is 9.13. The summed E-state index contributed by atoms with van der Waals surface area (Å²) in [6.45, 7) is 0.594. The minimum absolute atomic E-state index is 0.0995. The lowest BCUT2D eigenvalue weighted by Gasteiger charge is -2.31. The van der Waals surface area contributed by atoms with Crippen LogP contribution in [0.25, 0.3) is 16.7 Å². The largest absolute Gasteiger partial charge is 0.471 e. The molecule has 3 aromatic carbocycles. The van der Waals surface area contributed by atoms with Crippen LogP contribution in [0.1, 0.15) is 43.0 Å². The molecule has 1 amide bonds. The van der Waals surface area contributed by atoms with Gasteiger partial charge in [-0.15, -0.1) is 0 Å². The number of carbonyl (C=O) groups is 2. The Kier molecular flexibility index (Phi) is 8.87. The number of fused-ring (bicyclic) bond motifs is 3. The standard InChI is InChI=1S/C38H38N8O3Si/c1-45(2)26-11-13-28-31(16-26)50-32-17-27(46(3)4)12-14-29(32)33(28)30-15-24(9-10-25(30)19-47)36(48)40-18-22-5-7-23(8-6-22)20-49-37-34-35(42-21-41-34)43-38(39)44-37/h5-17,19,21,26H,18,20,50H2,1-4H3,(H,40,48)(H3,39,41,42,43,44). The van der Waals surface area contributed by atoms with Crippen LogP contribution in [0.2, 0.25) is 0 Å². The van der Waals surface area contributed by atoms with Gasteiger partial charge in [0.15, 0.2) is 17.5 Å². The Morgan fingerprint density at radius 1 is 1.02 bits per heavy atom. The predicted octanol–water partition coefficient (Wildman–Crippen LogP) is 3.32. The van der Waals surface area contributed by atoms with Crippen molar-refractivity contribution >= 4 is 55.3 Å². The third-order valence-corrected chi connectivity index (χ3v) is 11.1. The van der Waals surface area contributed by atoms with Gasteiger partial charge in [-0.3, -0.25) is 14.5 Å². The zero-order valence-electron chi connectivity index (χ0n) is 28.4. The van der Waals surface area contributed by atoms with E-state index in [4.69, 9.17) is 10.5 Å². The summed E-state index contributed by atoms with van der Waals surface area (Å²) in [4.78, 5) is 45.7. The zero-order chi connectivity index (χ0) is 34.9. The highest BCUT2D eigenvalue weighted by molar-refractivity contribution is 6.65. The number of amides is 1. The van der Waals surface area contributed by atoms with Crippen LogP contribution in [0.5, 0.6) is 5.88 Å². The molecule has 4 N–H and O–H groups in total. The Labute approximate surface area is 292 Å². The first kappa shape index (κ1) is 32.7. The van der Waals surface area contributed by atoms with Gasteiger partial charge in [0.05, 0.1) is 15.8 Å². The number of aromatic nitrogens is 4. The highest BCUT2D eigenvalue weighted by Gasteiger charge is 2.28. The highest BCUT2D eigenvalue weighted by atomic mass is 28.2. The Bertz CT molecular complexity index is 2220. The average Bonchev–Trinajstić information content (AvgIpc) is 3.60. The van der Waals surface area contributed by atoms with Crippen molar-refractivity contribution in [3.8, 4) is 5.88 Å². The molecule has 2 aromatic heterocycles. The van der Waals surface area contributed by atoms with Gasteiger partial charge in [0.1, 0.15) is 6.61 Å². The van der Waals surface area contributed by atoms with Gasteiger partial charge >= 0.3 is 0 Å². The number of hydrogen-bond acceptors (Lipinski definition) is 9. The predicted molar refractivity (Wildman–Crippen MR) is 200 cm³/mol. The Morgan fingerprint density at radius 2 is 1.82 bits per heavy atom. The molecule has 252 valence electrons. The maximum Gasteiger partial charge on any atom is 0.251 e. The molecule has 0 saturated heterocycles. The number of aldehydes is 1. The quantitative estimate of drug-likeness (QED) is 0.149. The van der Waals surface area contributed by atoms with Crippen LogP contribution in [0, 0.1) is 0 Å². The number of ether oxygens (including phenoxy) is 1. The van der Waals surface area contributed by atoms with Crippen molar-refractivity contribution in [1.82, 2.24) is 30.2 Å². The van der Waals surface area contributed by atoms with Gasteiger partial charge in [-0.2, -0.15) is 9.97 Å².